The van der Waals surface area contributed by atoms with Crippen molar-refractivity contribution in [2.75, 3.05) is 19.8 Å². The van der Waals surface area contributed by atoms with Crippen LogP contribution in [0.25, 0.3) is 0 Å². The van der Waals surface area contributed by atoms with Gasteiger partial charge in [-0.1, -0.05) is 42.5 Å². The van der Waals surface area contributed by atoms with Gasteiger partial charge in [-0.25, -0.2) is 0 Å². The summed E-state index contributed by atoms with van der Waals surface area (Å²) in [7, 11) is 2.07. The molecular weight excluding hydrogens is 318 g/mol. The molecule has 1 atom stereocenters. The van der Waals surface area contributed by atoms with Gasteiger partial charge >= 0.3 is 0 Å². The van der Waals surface area contributed by atoms with E-state index in [2.05, 4.69) is 64.9 Å². The summed E-state index contributed by atoms with van der Waals surface area (Å²) in [5, 5.41) is 12.7. The maximum atomic E-state index is 9.14. The monoisotopic (exact) mass is 341 g/mol. The molecule has 24 heavy (non-hydrogen) atoms. The third kappa shape index (κ3) is 3.74. The Morgan fingerprint density at radius 1 is 1.21 bits per heavy atom. The summed E-state index contributed by atoms with van der Waals surface area (Å²) in [6, 6.07) is 16.7. The fourth-order valence-corrected chi connectivity index (χ4v) is 3.47. The Labute approximate surface area is 147 Å². The van der Waals surface area contributed by atoms with E-state index in [1.807, 2.05) is 12.1 Å². The molecule has 0 radical (unpaired) electrons. The van der Waals surface area contributed by atoms with Crippen LogP contribution in [0.5, 0.6) is 0 Å². The molecule has 1 heterocycles. The van der Waals surface area contributed by atoms with Crippen molar-refractivity contribution in [1.82, 2.24) is 10.2 Å². The molecule has 1 unspecified atom stereocenters. The summed E-state index contributed by atoms with van der Waals surface area (Å²) in [6.07, 6.45) is 2.11. The first kappa shape index (κ1) is 16.9. The Balaban J connectivity index is 1.63. The van der Waals surface area contributed by atoms with E-state index in [4.69, 9.17) is 5.11 Å². The number of aliphatic hydroxyl groups excluding tert-OH is 1. The summed E-state index contributed by atoms with van der Waals surface area (Å²) in [5.41, 5.74) is 3.44. The SMILES string of the molecule is CSc1ccccc1CN(C)C1=NCC(c2ccc(CO)cc2)N1. The zero-order valence-electron chi connectivity index (χ0n) is 14.1. The molecule has 4 nitrogen and oxygen atoms in total. The van der Waals surface area contributed by atoms with Gasteiger partial charge in [-0.3, -0.25) is 4.99 Å². The number of aliphatic imine (C=N–C) groups is 1. The van der Waals surface area contributed by atoms with Crippen LogP contribution in [0.2, 0.25) is 0 Å². The smallest absolute Gasteiger partial charge is 0.194 e. The predicted molar refractivity (Wildman–Crippen MR) is 100 cm³/mol. The van der Waals surface area contributed by atoms with Crippen LogP contribution in [0.15, 0.2) is 58.4 Å². The average Bonchev–Trinajstić information content (AvgIpc) is 3.12. The number of aliphatic hydroxyl groups is 1. The van der Waals surface area contributed by atoms with Gasteiger partial charge < -0.3 is 15.3 Å². The molecule has 0 aromatic heterocycles. The van der Waals surface area contributed by atoms with E-state index in [0.717, 1.165) is 24.6 Å². The van der Waals surface area contributed by atoms with Gasteiger partial charge in [0.15, 0.2) is 5.96 Å². The van der Waals surface area contributed by atoms with Crippen molar-refractivity contribution in [2.45, 2.75) is 24.1 Å². The van der Waals surface area contributed by atoms with Crippen molar-refractivity contribution in [1.29, 1.82) is 0 Å². The number of hydrogen-bond acceptors (Lipinski definition) is 5. The second-order valence-corrected chi connectivity index (χ2v) is 6.78. The molecule has 5 heteroatoms. The molecule has 2 N–H and O–H groups in total. The quantitative estimate of drug-likeness (QED) is 0.821. The molecular formula is C19H23N3OS. The first-order valence-corrected chi connectivity index (χ1v) is 9.27. The molecule has 1 aliphatic rings. The zero-order valence-corrected chi connectivity index (χ0v) is 14.9. The third-order valence-electron chi connectivity index (χ3n) is 4.25. The molecule has 1 aliphatic heterocycles. The highest BCUT2D eigenvalue weighted by molar-refractivity contribution is 7.98. The highest BCUT2D eigenvalue weighted by atomic mass is 32.2. The topological polar surface area (TPSA) is 47.9 Å². The van der Waals surface area contributed by atoms with Gasteiger partial charge in [0.1, 0.15) is 0 Å². The zero-order chi connectivity index (χ0) is 16.9. The first-order chi connectivity index (χ1) is 11.7. The second kappa shape index (κ2) is 7.73. The Bertz CT molecular complexity index is 715. The molecule has 0 spiro atoms. The Morgan fingerprint density at radius 3 is 2.67 bits per heavy atom. The highest BCUT2D eigenvalue weighted by Crippen LogP contribution is 2.23. The lowest BCUT2D eigenvalue weighted by molar-refractivity contribution is 0.282. The van der Waals surface area contributed by atoms with Crippen molar-refractivity contribution in [3.05, 3.63) is 65.2 Å². The largest absolute Gasteiger partial charge is 0.392 e. The Hall–Kier alpha value is -1.98. The van der Waals surface area contributed by atoms with Gasteiger partial charge in [0.05, 0.1) is 19.2 Å². The van der Waals surface area contributed by atoms with Crippen LogP contribution in [0, 0.1) is 0 Å². The Morgan fingerprint density at radius 2 is 1.96 bits per heavy atom. The van der Waals surface area contributed by atoms with E-state index in [1.54, 1.807) is 11.8 Å². The molecule has 0 saturated heterocycles. The van der Waals surface area contributed by atoms with Crippen molar-refractivity contribution in [3.63, 3.8) is 0 Å². The summed E-state index contributed by atoms with van der Waals surface area (Å²) in [6.45, 7) is 1.65. The van der Waals surface area contributed by atoms with Gasteiger partial charge in [0, 0.05) is 18.5 Å². The van der Waals surface area contributed by atoms with Crippen molar-refractivity contribution in [3.8, 4) is 0 Å². The summed E-state index contributed by atoms with van der Waals surface area (Å²) < 4.78 is 0. The number of benzene rings is 2. The van der Waals surface area contributed by atoms with Gasteiger partial charge in [-0.15, -0.1) is 11.8 Å². The summed E-state index contributed by atoms with van der Waals surface area (Å²) >= 11 is 1.77. The van der Waals surface area contributed by atoms with Crippen LogP contribution in [0.1, 0.15) is 22.7 Å². The minimum absolute atomic E-state index is 0.0811. The number of hydrogen-bond donors (Lipinski definition) is 2. The van der Waals surface area contributed by atoms with Gasteiger partial charge in [-0.2, -0.15) is 0 Å². The van der Waals surface area contributed by atoms with E-state index < -0.39 is 0 Å². The molecule has 0 amide bonds. The summed E-state index contributed by atoms with van der Waals surface area (Å²) in [5.74, 6) is 0.933. The fraction of sp³-hybridized carbons (Fsp3) is 0.316. The molecule has 126 valence electrons. The maximum absolute atomic E-state index is 9.14. The number of nitrogens with one attached hydrogen (secondary N) is 1. The average molecular weight is 341 g/mol. The van der Waals surface area contributed by atoms with E-state index in [9.17, 15) is 0 Å². The lowest BCUT2D eigenvalue weighted by Gasteiger charge is -2.22. The molecule has 2 aromatic carbocycles. The maximum Gasteiger partial charge on any atom is 0.194 e. The van der Waals surface area contributed by atoms with Crippen LogP contribution in [0.4, 0.5) is 0 Å². The minimum Gasteiger partial charge on any atom is -0.392 e. The predicted octanol–water partition coefficient (Wildman–Crippen LogP) is 3.03. The van der Waals surface area contributed by atoms with Crippen molar-refractivity contribution < 1.29 is 5.11 Å². The second-order valence-electron chi connectivity index (χ2n) is 5.93. The molecule has 0 bridgehead atoms. The van der Waals surface area contributed by atoms with Crippen LogP contribution in [-0.2, 0) is 13.2 Å². The normalized spacial score (nSPS) is 16.6. The van der Waals surface area contributed by atoms with Crippen LogP contribution >= 0.6 is 11.8 Å². The van der Waals surface area contributed by atoms with Crippen LogP contribution < -0.4 is 5.32 Å². The standard InChI is InChI=1S/C19H23N3OS/c1-22(12-16-5-3-4-6-18(16)24-2)19-20-11-17(21-19)15-9-7-14(13-23)8-10-15/h3-10,17,23H,11-13H2,1-2H3,(H,20,21). The van der Waals surface area contributed by atoms with Gasteiger partial charge in [0.25, 0.3) is 0 Å². The van der Waals surface area contributed by atoms with Gasteiger partial charge in [0.2, 0.25) is 0 Å². The minimum atomic E-state index is 0.0811. The lowest BCUT2D eigenvalue weighted by atomic mass is 10.1. The number of nitrogens with zero attached hydrogens (tertiary/aromatic N) is 2. The molecule has 0 saturated carbocycles. The number of guanidine groups is 1. The van der Waals surface area contributed by atoms with E-state index in [1.165, 1.54) is 16.0 Å². The molecule has 0 fully saturated rings. The molecule has 0 aliphatic carbocycles. The lowest BCUT2D eigenvalue weighted by Crippen LogP contribution is -2.36. The van der Waals surface area contributed by atoms with Crippen molar-refractivity contribution in [2.24, 2.45) is 4.99 Å². The van der Waals surface area contributed by atoms with Crippen LogP contribution in [0.3, 0.4) is 0 Å². The number of thioether (sulfide) groups is 1. The van der Waals surface area contributed by atoms with Crippen molar-refractivity contribution >= 4 is 17.7 Å². The van der Waals surface area contributed by atoms with E-state index in [-0.39, 0.29) is 12.6 Å². The van der Waals surface area contributed by atoms with E-state index >= 15 is 0 Å². The third-order valence-corrected chi connectivity index (χ3v) is 5.09. The summed E-state index contributed by atoms with van der Waals surface area (Å²) in [4.78, 5) is 8.13. The van der Waals surface area contributed by atoms with Crippen LogP contribution in [-0.4, -0.2) is 35.8 Å². The molecule has 3 rings (SSSR count). The first-order valence-electron chi connectivity index (χ1n) is 8.05. The van der Waals surface area contributed by atoms with Gasteiger partial charge in [-0.05, 0) is 29.0 Å². The highest BCUT2D eigenvalue weighted by Gasteiger charge is 2.22. The fourth-order valence-electron chi connectivity index (χ4n) is 2.86. The number of rotatable bonds is 5. The van der Waals surface area contributed by atoms with E-state index in [0.29, 0.717) is 0 Å². The molecule has 2 aromatic rings. The Kier molecular flexibility index (Phi) is 5.43.